The molecular formula is C12H11BrClNO2. The summed E-state index contributed by atoms with van der Waals surface area (Å²) in [6.07, 6.45) is 0. The number of halogens is 2. The number of hydrogen-bond acceptors (Lipinski definition) is 2. The number of fused-ring (bicyclic) bond motifs is 1. The smallest absolute Gasteiger partial charge is 0.299 e. The lowest BCUT2D eigenvalue weighted by Crippen LogP contribution is -2.34. The van der Waals surface area contributed by atoms with Crippen LogP contribution in [0.1, 0.15) is 17.3 Å². The van der Waals surface area contributed by atoms with E-state index in [0.717, 1.165) is 4.47 Å². The van der Waals surface area contributed by atoms with Crippen LogP contribution in [0, 0.1) is 5.92 Å². The molecule has 1 aliphatic heterocycles. The molecule has 1 atom stereocenters. The molecule has 90 valence electrons. The summed E-state index contributed by atoms with van der Waals surface area (Å²) in [5, 5.41) is 0. The number of carbonyl (C=O) groups excluding carboxylic acids is 2. The van der Waals surface area contributed by atoms with Crippen molar-refractivity contribution in [2.24, 2.45) is 5.92 Å². The van der Waals surface area contributed by atoms with Gasteiger partial charge in [0.05, 0.1) is 11.3 Å². The molecule has 1 aromatic carbocycles. The molecule has 0 N–H and O–H groups in total. The van der Waals surface area contributed by atoms with Gasteiger partial charge in [-0.3, -0.25) is 9.59 Å². The van der Waals surface area contributed by atoms with Crippen LogP contribution in [0.2, 0.25) is 0 Å². The normalized spacial score (nSPS) is 16.3. The lowest BCUT2D eigenvalue weighted by molar-refractivity contribution is -0.114. The second-order valence-corrected chi connectivity index (χ2v) is 5.39. The summed E-state index contributed by atoms with van der Waals surface area (Å²) in [4.78, 5) is 25.1. The topological polar surface area (TPSA) is 37.4 Å². The molecule has 0 spiro atoms. The number of rotatable bonds is 3. The van der Waals surface area contributed by atoms with Crippen molar-refractivity contribution in [2.75, 3.05) is 17.3 Å². The largest absolute Gasteiger partial charge is 0.304 e. The van der Waals surface area contributed by atoms with Crippen molar-refractivity contribution >= 4 is 44.9 Å². The zero-order chi connectivity index (χ0) is 12.6. The Balaban J connectivity index is 2.38. The van der Waals surface area contributed by atoms with Crippen molar-refractivity contribution in [3.8, 4) is 0 Å². The number of carbonyl (C=O) groups is 2. The highest BCUT2D eigenvalue weighted by atomic mass is 79.9. The molecule has 0 saturated heterocycles. The molecule has 1 unspecified atom stereocenters. The van der Waals surface area contributed by atoms with Crippen molar-refractivity contribution in [3.05, 3.63) is 28.2 Å². The van der Waals surface area contributed by atoms with Crippen LogP contribution in [-0.4, -0.2) is 24.1 Å². The van der Waals surface area contributed by atoms with E-state index in [-0.39, 0.29) is 5.92 Å². The zero-order valence-electron chi connectivity index (χ0n) is 9.24. The van der Waals surface area contributed by atoms with E-state index in [1.807, 2.05) is 13.0 Å². The van der Waals surface area contributed by atoms with E-state index in [4.69, 9.17) is 11.6 Å². The van der Waals surface area contributed by atoms with Gasteiger partial charge in [0.25, 0.3) is 11.7 Å². The maximum atomic E-state index is 11.8. The van der Waals surface area contributed by atoms with Crippen molar-refractivity contribution in [2.45, 2.75) is 6.92 Å². The first-order valence-electron chi connectivity index (χ1n) is 5.26. The second kappa shape index (κ2) is 4.78. The fraction of sp³-hybridized carbons (Fsp3) is 0.333. The Kier molecular flexibility index (Phi) is 3.54. The Hall–Kier alpha value is -0.870. The summed E-state index contributed by atoms with van der Waals surface area (Å²) in [7, 11) is 0. The van der Waals surface area contributed by atoms with Crippen LogP contribution in [0.25, 0.3) is 0 Å². The van der Waals surface area contributed by atoms with Gasteiger partial charge in [0.15, 0.2) is 0 Å². The van der Waals surface area contributed by atoms with Crippen LogP contribution >= 0.6 is 27.5 Å². The van der Waals surface area contributed by atoms with Gasteiger partial charge in [-0.1, -0.05) is 22.9 Å². The molecule has 17 heavy (non-hydrogen) atoms. The minimum Gasteiger partial charge on any atom is -0.304 e. The van der Waals surface area contributed by atoms with E-state index in [1.165, 1.54) is 4.90 Å². The molecule has 5 heteroatoms. The average Bonchev–Trinajstić information content (AvgIpc) is 2.54. The number of nitrogens with zero attached hydrogens (tertiary/aromatic N) is 1. The van der Waals surface area contributed by atoms with Crippen LogP contribution in [0.15, 0.2) is 22.7 Å². The minimum absolute atomic E-state index is 0.156. The molecule has 0 fully saturated rings. The van der Waals surface area contributed by atoms with Crippen LogP contribution in [-0.2, 0) is 4.79 Å². The Labute approximate surface area is 113 Å². The predicted molar refractivity (Wildman–Crippen MR) is 70.7 cm³/mol. The fourth-order valence-electron chi connectivity index (χ4n) is 1.81. The Bertz CT molecular complexity index is 489. The molecule has 3 nitrogen and oxygen atoms in total. The van der Waals surface area contributed by atoms with E-state index in [2.05, 4.69) is 15.9 Å². The SMILES string of the molecule is CC(CCl)CN1C(=O)C(=O)c2cc(Br)ccc21. The summed E-state index contributed by atoms with van der Waals surface area (Å²) in [5.41, 5.74) is 1.14. The molecule has 0 aliphatic carbocycles. The molecule has 0 saturated carbocycles. The van der Waals surface area contributed by atoms with Crippen LogP contribution in [0.4, 0.5) is 5.69 Å². The standard InChI is InChI=1S/C12H11BrClNO2/c1-7(5-14)6-15-10-3-2-8(13)4-9(10)11(16)12(15)17/h2-4,7H,5-6H2,1H3. The number of amides is 1. The third kappa shape index (κ3) is 2.24. The van der Waals surface area contributed by atoms with Gasteiger partial charge in [0, 0.05) is 16.9 Å². The highest BCUT2D eigenvalue weighted by molar-refractivity contribution is 9.10. The summed E-state index contributed by atoms with van der Waals surface area (Å²) < 4.78 is 0.796. The first-order chi connectivity index (χ1) is 8.04. The number of benzene rings is 1. The molecule has 0 bridgehead atoms. The van der Waals surface area contributed by atoms with Crippen LogP contribution in [0.5, 0.6) is 0 Å². The predicted octanol–water partition coefficient (Wildman–Crippen LogP) is 2.85. The highest BCUT2D eigenvalue weighted by Crippen LogP contribution is 2.31. The average molecular weight is 317 g/mol. The van der Waals surface area contributed by atoms with Gasteiger partial charge in [-0.2, -0.15) is 0 Å². The number of ketones is 1. The van der Waals surface area contributed by atoms with Crippen molar-refractivity contribution in [1.82, 2.24) is 0 Å². The molecular weight excluding hydrogens is 305 g/mol. The first-order valence-corrected chi connectivity index (χ1v) is 6.59. The molecule has 1 aliphatic rings. The van der Waals surface area contributed by atoms with Gasteiger partial charge in [-0.25, -0.2) is 0 Å². The highest BCUT2D eigenvalue weighted by Gasteiger charge is 2.36. The lowest BCUT2D eigenvalue weighted by atomic mass is 10.1. The number of hydrogen-bond donors (Lipinski definition) is 0. The quantitative estimate of drug-likeness (QED) is 0.635. The molecule has 1 amide bonds. The van der Waals surface area contributed by atoms with Crippen molar-refractivity contribution < 1.29 is 9.59 Å². The molecule has 1 aromatic rings. The first kappa shape index (κ1) is 12.6. The number of alkyl halides is 1. The lowest BCUT2D eigenvalue weighted by Gasteiger charge is -2.19. The summed E-state index contributed by atoms with van der Waals surface area (Å²) in [6, 6.07) is 5.28. The third-order valence-electron chi connectivity index (χ3n) is 2.69. The monoisotopic (exact) mass is 315 g/mol. The molecule has 0 radical (unpaired) electrons. The Morgan fingerprint density at radius 3 is 2.76 bits per heavy atom. The Morgan fingerprint density at radius 2 is 2.12 bits per heavy atom. The number of Topliss-reactive ketones (excluding diaryl/α,β-unsaturated/α-hetero) is 1. The van der Waals surface area contributed by atoms with E-state index in [9.17, 15) is 9.59 Å². The van der Waals surface area contributed by atoms with E-state index in [1.54, 1.807) is 12.1 Å². The van der Waals surface area contributed by atoms with Gasteiger partial charge in [-0.05, 0) is 24.1 Å². The van der Waals surface area contributed by atoms with Crippen molar-refractivity contribution in [1.29, 1.82) is 0 Å². The fourth-order valence-corrected chi connectivity index (χ4v) is 2.27. The van der Waals surface area contributed by atoms with Gasteiger partial charge >= 0.3 is 0 Å². The summed E-state index contributed by atoms with van der Waals surface area (Å²) in [6.45, 7) is 2.42. The van der Waals surface area contributed by atoms with Gasteiger partial charge in [-0.15, -0.1) is 11.6 Å². The van der Waals surface area contributed by atoms with E-state index < -0.39 is 11.7 Å². The minimum atomic E-state index is -0.463. The molecule has 1 heterocycles. The molecule has 2 rings (SSSR count). The summed E-state index contributed by atoms with van der Waals surface area (Å²) in [5.74, 6) is -0.287. The zero-order valence-corrected chi connectivity index (χ0v) is 11.6. The van der Waals surface area contributed by atoms with Crippen LogP contribution in [0.3, 0.4) is 0 Å². The van der Waals surface area contributed by atoms with Gasteiger partial charge < -0.3 is 4.90 Å². The second-order valence-electron chi connectivity index (χ2n) is 4.17. The number of anilines is 1. The molecule has 0 aromatic heterocycles. The van der Waals surface area contributed by atoms with Crippen LogP contribution < -0.4 is 4.90 Å². The van der Waals surface area contributed by atoms with Gasteiger partial charge in [0.2, 0.25) is 0 Å². The maximum absolute atomic E-state index is 11.8. The Morgan fingerprint density at radius 1 is 1.41 bits per heavy atom. The summed E-state index contributed by atoms with van der Waals surface area (Å²) >= 11 is 9.03. The van der Waals surface area contributed by atoms with E-state index in [0.29, 0.717) is 23.7 Å². The maximum Gasteiger partial charge on any atom is 0.299 e. The van der Waals surface area contributed by atoms with Crippen molar-refractivity contribution in [3.63, 3.8) is 0 Å². The van der Waals surface area contributed by atoms with Gasteiger partial charge in [0.1, 0.15) is 0 Å². The third-order valence-corrected chi connectivity index (χ3v) is 3.71. The van der Waals surface area contributed by atoms with E-state index >= 15 is 0 Å².